The number of amides is 1. The highest BCUT2D eigenvalue weighted by atomic mass is 32.5. The van der Waals surface area contributed by atoms with E-state index in [-0.39, 0.29) is 60.4 Å². The van der Waals surface area contributed by atoms with Crippen molar-refractivity contribution >= 4 is 63.9 Å². The molecule has 3 aromatic rings. The quantitative estimate of drug-likeness (QED) is 0.0682. The molecule has 0 radical (unpaired) electrons. The number of H-pyrrole nitrogens is 1. The number of hydrogen-bond donors (Lipinski definition) is 5. The van der Waals surface area contributed by atoms with Gasteiger partial charge in [-0.15, -0.1) is 0 Å². The molecule has 1 saturated heterocycles. The fourth-order valence-electron chi connectivity index (χ4n) is 6.19. The van der Waals surface area contributed by atoms with Crippen LogP contribution in [0.4, 0.5) is 16.2 Å². The van der Waals surface area contributed by atoms with Crippen molar-refractivity contribution in [1.82, 2.24) is 29.5 Å². The van der Waals surface area contributed by atoms with Gasteiger partial charge in [0.15, 0.2) is 37.3 Å². The maximum atomic E-state index is 14.4. The summed E-state index contributed by atoms with van der Waals surface area (Å²) in [4.78, 5) is 54.3. The molecule has 320 valence electrons. The fraction of sp³-hybridized carbons (Fsp3) is 0.667. The normalized spacial score (nSPS) is 25.4. The Morgan fingerprint density at radius 3 is 2.66 bits per heavy atom. The predicted molar refractivity (Wildman–Crippen MR) is 214 cm³/mol. The second kappa shape index (κ2) is 19.1. The van der Waals surface area contributed by atoms with Gasteiger partial charge >= 0.3 is 15.0 Å². The number of aliphatic hydroxyl groups is 1. The number of halogens is 1. The molecule has 20 nitrogen and oxygen atoms in total. The minimum atomic E-state index is -3.95. The number of imidazole rings is 1. The second-order valence-electron chi connectivity index (χ2n) is 15.7. The lowest BCUT2D eigenvalue weighted by Gasteiger charge is -2.41. The zero-order chi connectivity index (χ0) is 42.6. The van der Waals surface area contributed by atoms with Gasteiger partial charge in [-0.1, -0.05) is 34.6 Å². The first kappa shape index (κ1) is 46.0. The molecule has 0 spiro atoms. The summed E-state index contributed by atoms with van der Waals surface area (Å²) in [5.74, 6) is -2.28. The van der Waals surface area contributed by atoms with Crippen molar-refractivity contribution in [2.75, 3.05) is 30.5 Å². The molecular weight excluding hydrogens is 840 g/mol. The van der Waals surface area contributed by atoms with E-state index in [4.69, 9.17) is 39.1 Å². The first-order chi connectivity index (χ1) is 27.3. The van der Waals surface area contributed by atoms with E-state index in [1.54, 1.807) is 13.8 Å². The van der Waals surface area contributed by atoms with E-state index < -0.39 is 95.7 Å². The zero-order valence-electron chi connectivity index (χ0n) is 33.1. The highest BCUT2D eigenvalue weighted by molar-refractivity contribution is 8.07. The number of fused-ring (bicyclic) bond motifs is 1. The van der Waals surface area contributed by atoms with E-state index in [0.717, 1.165) is 6.20 Å². The number of nitrogens with one attached hydrogen (secondary N) is 3. The van der Waals surface area contributed by atoms with Gasteiger partial charge in [0.2, 0.25) is 11.9 Å². The maximum Gasteiger partial charge on any atom is 0.327 e. The van der Waals surface area contributed by atoms with Crippen LogP contribution in [0.5, 0.6) is 0 Å². The number of nitrogens with zero attached hydrogens (tertiary/aromatic N) is 6. The number of aromatic amines is 1. The lowest BCUT2D eigenvalue weighted by atomic mass is 10.1. The minimum Gasteiger partial charge on any atom is -0.408 e. The van der Waals surface area contributed by atoms with E-state index in [9.17, 15) is 33.8 Å². The van der Waals surface area contributed by atoms with Crippen LogP contribution < -0.4 is 16.2 Å². The molecule has 58 heavy (non-hydrogen) atoms. The number of aromatic nitrogens is 6. The SMILES string of the molecule is CC(C)C(=O)Nc1nc2c(ncn2[C@@H]2O[C@H](CO)[C@@H](O[Si](C)(C)C(C)(C)C)[C@@H]2OP(=S)(OCCC#N)OC[C@H]2C[C@@H](Nc3ncncc3F)C[C@@H]2O[PH](=O)O)c(=O)[nH]1. The molecule has 9 atom stereocenters. The van der Waals surface area contributed by atoms with E-state index in [1.165, 1.54) is 17.2 Å². The summed E-state index contributed by atoms with van der Waals surface area (Å²) in [5.41, 5.74) is -0.719. The average Bonchev–Trinajstić information content (AvgIpc) is 3.82. The minimum absolute atomic E-state index is 0.00882. The molecule has 0 aromatic carbocycles. The Hall–Kier alpha value is -3.10. The first-order valence-electron chi connectivity index (χ1n) is 18.5. The van der Waals surface area contributed by atoms with Crippen molar-refractivity contribution in [3.05, 3.63) is 35.0 Å². The third-order valence-electron chi connectivity index (χ3n) is 10.2. The molecular formula is C33H50FN9O11P2SSi. The number of hydrogen-bond acceptors (Lipinski definition) is 17. The molecule has 0 bridgehead atoms. The maximum absolute atomic E-state index is 14.4. The van der Waals surface area contributed by atoms with Crippen LogP contribution in [-0.4, -0.2) is 104 Å². The molecule has 1 saturated carbocycles. The van der Waals surface area contributed by atoms with E-state index in [2.05, 4.69) is 35.6 Å². The summed E-state index contributed by atoms with van der Waals surface area (Å²) in [6.45, 7) is 8.58. The van der Waals surface area contributed by atoms with Crippen molar-refractivity contribution < 1.29 is 51.0 Å². The van der Waals surface area contributed by atoms with Crippen LogP contribution in [0, 0.1) is 29.0 Å². The van der Waals surface area contributed by atoms with Gasteiger partial charge in [-0.2, -0.15) is 10.2 Å². The molecule has 25 heteroatoms. The van der Waals surface area contributed by atoms with Crippen molar-refractivity contribution in [2.24, 2.45) is 11.8 Å². The number of nitriles is 1. The molecule has 2 unspecified atom stereocenters. The van der Waals surface area contributed by atoms with Gasteiger partial charge in [0.1, 0.15) is 24.6 Å². The second-order valence-corrected chi connectivity index (χ2v) is 24.2. The Morgan fingerprint density at radius 1 is 1.28 bits per heavy atom. The zero-order valence-corrected chi connectivity index (χ0v) is 36.8. The Balaban J connectivity index is 1.52. The van der Waals surface area contributed by atoms with Gasteiger partial charge in [-0.25, -0.2) is 19.3 Å². The molecule has 2 fully saturated rings. The number of carbonyl (C=O) groups excluding carboxylic acids is 1. The van der Waals surface area contributed by atoms with Crippen molar-refractivity contribution in [3.63, 3.8) is 0 Å². The molecule has 5 rings (SSSR count). The molecule has 1 aliphatic carbocycles. The highest BCUT2D eigenvalue weighted by Crippen LogP contribution is 2.56. The van der Waals surface area contributed by atoms with Crippen LogP contribution in [-0.2, 0) is 48.4 Å². The smallest absolute Gasteiger partial charge is 0.327 e. The van der Waals surface area contributed by atoms with E-state index in [1.807, 2.05) is 39.9 Å². The summed E-state index contributed by atoms with van der Waals surface area (Å²) >= 11 is 6.00. The van der Waals surface area contributed by atoms with Crippen LogP contribution in [0.3, 0.4) is 0 Å². The summed E-state index contributed by atoms with van der Waals surface area (Å²) in [7, 11) is -6.09. The summed E-state index contributed by atoms with van der Waals surface area (Å²) in [6, 6.07) is 1.54. The Kier molecular flexibility index (Phi) is 15.1. The van der Waals surface area contributed by atoms with Crippen LogP contribution in [0.1, 0.15) is 60.1 Å². The van der Waals surface area contributed by atoms with E-state index >= 15 is 0 Å². The molecule has 1 amide bonds. The Morgan fingerprint density at radius 2 is 2.02 bits per heavy atom. The molecule has 5 N–H and O–H groups in total. The van der Waals surface area contributed by atoms with Crippen molar-refractivity contribution in [1.29, 1.82) is 5.26 Å². The number of anilines is 2. The topological polar surface area (TPSA) is 267 Å². The van der Waals surface area contributed by atoms with Gasteiger partial charge in [0.25, 0.3) is 5.56 Å². The molecule has 3 aromatic heterocycles. The van der Waals surface area contributed by atoms with Crippen molar-refractivity contribution in [3.8, 4) is 6.07 Å². The van der Waals surface area contributed by atoms with Crippen LogP contribution >= 0.6 is 15.0 Å². The third kappa shape index (κ3) is 11.0. The standard InChI is InChI=1S/C33H50FN9O11P2SSi/c1-18(2)29(45)41-32-40-28-24(30(46)42-32)38-17-43(28)31-26(25(23(14-44)51-31)54-58(6,7)33(3,4)5)53-56(57,49-10-8-9-35)50-15-19-11-20(12-22(19)52-55(47)48)39-27-21(34)13-36-16-37-27/h13,16-20,22-23,25-26,31,44,55H,8,10-12,14-15H2,1-7H3,(H,47,48)(H,36,37,39)(H2,40,41,42,45,46)/t19-,20-,22+,23-,25-,26+,31-,56?/m1/s1. The van der Waals surface area contributed by atoms with Gasteiger partial charge in [0, 0.05) is 17.9 Å². The lowest BCUT2D eigenvalue weighted by molar-refractivity contribution is -0.118. The predicted octanol–water partition coefficient (Wildman–Crippen LogP) is 4.14. The molecule has 1 aliphatic heterocycles. The van der Waals surface area contributed by atoms with Gasteiger partial charge in [-0.05, 0) is 42.8 Å². The largest absolute Gasteiger partial charge is 0.408 e. The molecule has 2 aliphatic rings. The number of rotatable bonds is 18. The van der Waals surface area contributed by atoms with Crippen LogP contribution in [0.15, 0.2) is 23.6 Å². The number of ether oxygens (including phenoxy) is 1. The highest BCUT2D eigenvalue weighted by Gasteiger charge is 2.54. The van der Waals surface area contributed by atoms with Crippen LogP contribution in [0.2, 0.25) is 18.1 Å². The Bertz CT molecular complexity index is 2100. The average molecular weight is 890 g/mol. The monoisotopic (exact) mass is 889 g/mol. The molecule has 4 heterocycles. The van der Waals surface area contributed by atoms with E-state index in [0.29, 0.717) is 0 Å². The van der Waals surface area contributed by atoms with Gasteiger partial charge in [0.05, 0.1) is 50.9 Å². The third-order valence-corrected chi connectivity index (χ3v) is 17.6. The summed E-state index contributed by atoms with van der Waals surface area (Å²) < 4.78 is 65.4. The van der Waals surface area contributed by atoms with Crippen LogP contribution in [0.25, 0.3) is 11.2 Å². The van der Waals surface area contributed by atoms with Crippen molar-refractivity contribution in [2.45, 2.75) is 109 Å². The fourth-order valence-corrected chi connectivity index (χ4v) is 10.2. The van der Waals surface area contributed by atoms with Gasteiger partial charge in [-0.3, -0.25) is 33.5 Å². The summed E-state index contributed by atoms with van der Waals surface area (Å²) in [6.07, 6.45) is -1.41. The number of aliphatic hydroxyl groups excluding tert-OH is 1. The van der Waals surface area contributed by atoms with Gasteiger partial charge < -0.3 is 38.1 Å². The first-order valence-corrected chi connectivity index (χ1v) is 25.3. The Labute approximate surface area is 340 Å². The lowest BCUT2D eigenvalue weighted by Crippen LogP contribution is -2.50. The number of carbonyl (C=O) groups is 1. The summed E-state index contributed by atoms with van der Waals surface area (Å²) in [5, 5.41) is 25.3.